The fourth-order valence-electron chi connectivity index (χ4n) is 2.04. The number of pyridine rings is 1. The molecule has 1 unspecified atom stereocenters. The average Bonchev–Trinajstić information content (AvgIpc) is 2.98. The Morgan fingerprint density at radius 1 is 1.46 bits per heavy atom. The van der Waals surface area contributed by atoms with Crippen LogP contribution in [0.3, 0.4) is 0 Å². The second-order valence-electron chi connectivity index (χ2n) is 5.09. The highest BCUT2D eigenvalue weighted by Gasteiger charge is 2.41. The number of hydrogen-bond acceptors (Lipinski definition) is 6. The maximum atomic E-state index is 9.19. The summed E-state index contributed by atoms with van der Waals surface area (Å²) in [5, 5.41) is 6.05. The zero-order valence-electron chi connectivity index (χ0n) is 14.6. The van der Waals surface area contributed by atoms with Gasteiger partial charge in [-0.3, -0.25) is 9.54 Å². The molecule has 1 saturated heterocycles. The zero-order valence-corrected chi connectivity index (χ0v) is 17.0. The van der Waals surface area contributed by atoms with E-state index in [1.54, 1.807) is 0 Å². The Balaban J connectivity index is 0.000000559. The molecular weight excluding hydrogens is 366 g/mol. The Hall–Kier alpha value is -0.740. The molecule has 6 nitrogen and oxygen atoms in total. The average molecular weight is 394 g/mol. The zero-order chi connectivity index (χ0) is 18.6. The van der Waals surface area contributed by atoms with Crippen LogP contribution in [0.4, 0.5) is 0 Å². The summed E-state index contributed by atoms with van der Waals surface area (Å²) in [5.41, 5.74) is 1.10. The van der Waals surface area contributed by atoms with Gasteiger partial charge in [-0.05, 0) is 51.7 Å². The van der Waals surface area contributed by atoms with Crippen LogP contribution in [0.25, 0.3) is 0 Å². The van der Waals surface area contributed by atoms with Crippen molar-refractivity contribution < 1.29 is 13.0 Å². The van der Waals surface area contributed by atoms with Gasteiger partial charge in [0.2, 0.25) is 0 Å². The third kappa shape index (κ3) is 8.93. The van der Waals surface area contributed by atoms with E-state index in [2.05, 4.69) is 28.6 Å². The molecule has 0 bridgehead atoms. The van der Waals surface area contributed by atoms with Crippen molar-refractivity contribution in [1.29, 1.82) is 0 Å². The summed E-state index contributed by atoms with van der Waals surface area (Å²) in [4.78, 5) is 5.43. The molecule has 1 fully saturated rings. The topological polar surface area (TPSA) is 91.3 Å². The van der Waals surface area contributed by atoms with Gasteiger partial charge in [-0.2, -0.15) is 8.42 Å². The summed E-state index contributed by atoms with van der Waals surface area (Å²) in [6, 6.07) is 6.08. The smallest absolute Gasteiger partial charge is 0.261 e. The third-order valence-corrected chi connectivity index (χ3v) is 5.03. The molecule has 1 aliphatic rings. The number of thiocarbonyl (C=S) groups is 1. The van der Waals surface area contributed by atoms with E-state index in [1.165, 1.54) is 12.2 Å². The van der Waals surface area contributed by atoms with E-state index in [-0.39, 0.29) is 4.75 Å². The second kappa shape index (κ2) is 11.8. The van der Waals surface area contributed by atoms with Crippen LogP contribution in [0.5, 0.6) is 0 Å². The standard InChI is InChI=1S/C12H16N2S2.C2H7N.CH4O3S/c1-2-13-11(15)12(7-5-9-16-12)10-6-3-4-8-14-10;1-3-2;1-5(2,3)4/h3-4,6,8H,2,5,7,9H2,1H3,(H,13,15);3H,1-2H3;1H3,(H,2,3,4). The van der Waals surface area contributed by atoms with Crippen LogP contribution in [0.1, 0.15) is 25.5 Å². The first-order valence-electron chi connectivity index (χ1n) is 7.56. The molecule has 0 aliphatic carbocycles. The van der Waals surface area contributed by atoms with Gasteiger partial charge in [-0.15, -0.1) is 11.8 Å². The van der Waals surface area contributed by atoms with Crippen LogP contribution in [-0.2, 0) is 14.9 Å². The van der Waals surface area contributed by atoms with E-state index >= 15 is 0 Å². The molecule has 1 aliphatic heterocycles. The maximum Gasteiger partial charge on any atom is 0.261 e. The molecule has 2 heterocycles. The van der Waals surface area contributed by atoms with Gasteiger partial charge in [0.05, 0.1) is 16.9 Å². The number of likely N-dealkylation sites (N-methyl/N-ethyl adjacent to an activating group) is 1. The fourth-order valence-corrected chi connectivity index (χ4v) is 3.97. The lowest BCUT2D eigenvalue weighted by atomic mass is 9.98. The predicted octanol–water partition coefficient (Wildman–Crippen LogP) is 2.08. The Morgan fingerprint density at radius 2 is 2.04 bits per heavy atom. The van der Waals surface area contributed by atoms with E-state index in [4.69, 9.17) is 16.8 Å². The minimum atomic E-state index is -3.67. The Labute approximate surface area is 155 Å². The summed E-state index contributed by atoms with van der Waals surface area (Å²) < 4.78 is 25.8. The number of rotatable bonds is 3. The molecule has 1 atom stereocenters. The largest absolute Gasteiger partial charge is 0.378 e. The lowest BCUT2D eigenvalue weighted by molar-refractivity contribution is 0.490. The van der Waals surface area contributed by atoms with Gasteiger partial charge in [-0.25, -0.2) is 0 Å². The van der Waals surface area contributed by atoms with Crippen molar-refractivity contribution in [2.24, 2.45) is 0 Å². The lowest BCUT2D eigenvalue weighted by Crippen LogP contribution is -2.39. The van der Waals surface area contributed by atoms with Gasteiger partial charge in [0.15, 0.2) is 0 Å². The van der Waals surface area contributed by atoms with Crippen molar-refractivity contribution in [3.05, 3.63) is 30.1 Å². The number of hydrogen-bond donors (Lipinski definition) is 3. The molecular formula is C15H27N3O3S3. The number of nitrogens with zero attached hydrogens (tertiary/aromatic N) is 1. The van der Waals surface area contributed by atoms with Gasteiger partial charge >= 0.3 is 0 Å². The highest BCUT2D eigenvalue weighted by atomic mass is 32.2. The van der Waals surface area contributed by atoms with Crippen molar-refractivity contribution >= 4 is 39.1 Å². The van der Waals surface area contributed by atoms with E-state index in [0.717, 1.165) is 23.6 Å². The van der Waals surface area contributed by atoms with Crippen LogP contribution in [0.2, 0.25) is 0 Å². The van der Waals surface area contributed by atoms with Crippen LogP contribution >= 0.6 is 24.0 Å². The van der Waals surface area contributed by atoms with E-state index in [1.807, 2.05) is 44.2 Å². The Morgan fingerprint density at radius 3 is 2.42 bits per heavy atom. The summed E-state index contributed by atoms with van der Waals surface area (Å²) in [5.74, 6) is 1.17. The van der Waals surface area contributed by atoms with Gasteiger partial charge in [-0.1, -0.05) is 18.3 Å². The second-order valence-corrected chi connectivity index (χ2v) is 8.35. The molecule has 3 N–H and O–H groups in total. The molecule has 24 heavy (non-hydrogen) atoms. The van der Waals surface area contributed by atoms with Gasteiger partial charge < -0.3 is 10.6 Å². The SMILES string of the molecule is CCNC(=S)C1(c2ccccn2)CCCS1.CNC.CS(=O)(=O)O. The van der Waals surface area contributed by atoms with Crippen molar-refractivity contribution in [2.45, 2.75) is 24.5 Å². The molecule has 138 valence electrons. The van der Waals surface area contributed by atoms with Gasteiger partial charge in [0.1, 0.15) is 4.75 Å². The van der Waals surface area contributed by atoms with Crippen molar-refractivity contribution in [2.75, 3.05) is 32.6 Å². The lowest BCUT2D eigenvalue weighted by Gasteiger charge is -2.28. The molecule has 9 heteroatoms. The molecule has 0 spiro atoms. The third-order valence-electron chi connectivity index (χ3n) is 2.80. The van der Waals surface area contributed by atoms with E-state index in [9.17, 15) is 8.42 Å². The maximum absolute atomic E-state index is 9.19. The Bertz CT molecular complexity index is 566. The summed E-state index contributed by atoms with van der Waals surface area (Å²) in [6.07, 6.45) is 4.88. The van der Waals surface area contributed by atoms with Crippen LogP contribution < -0.4 is 10.6 Å². The first kappa shape index (κ1) is 23.3. The van der Waals surface area contributed by atoms with E-state index in [0.29, 0.717) is 6.26 Å². The minimum Gasteiger partial charge on any atom is -0.378 e. The summed E-state index contributed by atoms with van der Waals surface area (Å²) in [6.45, 7) is 2.96. The molecule has 0 radical (unpaired) electrons. The van der Waals surface area contributed by atoms with Crippen LogP contribution in [0, 0.1) is 0 Å². The van der Waals surface area contributed by atoms with Crippen molar-refractivity contribution in [3.63, 3.8) is 0 Å². The molecule has 1 aromatic rings. The summed E-state index contributed by atoms with van der Waals surface area (Å²) >= 11 is 7.46. The number of aromatic nitrogens is 1. The molecule has 0 saturated carbocycles. The monoisotopic (exact) mass is 393 g/mol. The predicted molar refractivity (Wildman–Crippen MR) is 106 cm³/mol. The van der Waals surface area contributed by atoms with Gasteiger partial charge in [0, 0.05) is 12.7 Å². The number of thioether (sulfide) groups is 1. The van der Waals surface area contributed by atoms with E-state index < -0.39 is 10.1 Å². The molecule has 0 amide bonds. The van der Waals surface area contributed by atoms with Crippen LogP contribution in [0.15, 0.2) is 24.4 Å². The normalized spacial score (nSPS) is 19.4. The Kier molecular flexibility index (Phi) is 11.4. The molecule has 0 aromatic carbocycles. The first-order valence-corrected chi connectivity index (χ1v) is 10.8. The minimum absolute atomic E-state index is 0.0768. The highest BCUT2D eigenvalue weighted by Crippen LogP contribution is 2.46. The van der Waals surface area contributed by atoms with Crippen LogP contribution in [-0.4, -0.2) is 55.6 Å². The highest BCUT2D eigenvalue weighted by molar-refractivity contribution is 8.02. The van der Waals surface area contributed by atoms with Crippen molar-refractivity contribution in [1.82, 2.24) is 15.6 Å². The van der Waals surface area contributed by atoms with Crippen molar-refractivity contribution in [3.8, 4) is 0 Å². The molecule has 1 aromatic heterocycles. The van der Waals surface area contributed by atoms with Gasteiger partial charge in [0.25, 0.3) is 10.1 Å². The quantitative estimate of drug-likeness (QED) is 0.531. The summed E-state index contributed by atoms with van der Waals surface area (Å²) in [7, 11) is 0.0833. The first-order chi connectivity index (χ1) is 11.2. The fraction of sp³-hybridized carbons (Fsp3) is 0.600. The molecule has 2 rings (SSSR count). The number of nitrogens with one attached hydrogen (secondary N) is 2.